The fourth-order valence-corrected chi connectivity index (χ4v) is 4.84. The van der Waals surface area contributed by atoms with E-state index in [1.54, 1.807) is 30.3 Å². The van der Waals surface area contributed by atoms with E-state index in [-0.39, 0.29) is 27.8 Å². The highest BCUT2D eigenvalue weighted by Gasteiger charge is 2.23. The van der Waals surface area contributed by atoms with E-state index < -0.39 is 22.8 Å². The molecule has 9 nitrogen and oxygen atoms in total. The van der Waals surface area contributed by atoms with Crippen LogP contribution in [0.3, 0.4) is 0 Å². The number of amides is 2. The number of nitro benzene ring substituents is 1. The Hall–Kier alpha value is -4.11. The van der Waals surface area contributed by atoms with E-state index >= 15 is 0 Å². The van der Waals surface area contributed by atoms with E-state index in [0.717, 1.165) is 25.7 Å². The molecule has 0 bridgehead atoms. The largest absolute Gasteiger partial charge is 0.506 e. The Balaban J connectivity index is 1.62. The van der Waals surface area contributed by atoms with Crippen LogP contribution in [0, 0.1) is 10.1 Å². The van der Waals surface area contributed by atoms with Gasteiger partial charge in [-0.3, -0.25) is 19.7 Å². The number of phenolic OH excluding ortho intramolecular Hbond substituents is 1. The van der Waals surface area contributed by atoms with Crippen molar-refractivity contribution in [2.24, 2.45) is 0 Å². The molecule has 0 fully saturated rings. The number of halogens is 1. The Bertz CT molecular complexity index is 1330. The summed E-state index contributed by atoms with van der Waals surface area (Å²) in [6.45, 7) is 2.21. The zero-order valence-electron chi connectivity index (χ0n) is 24.5. The smallest absolute Gasteiger partial charge is 0.269 e. The summed E-state index contributed by atoms with van der Waals surface area (Å²) >= 11 is 6.42. The summed E-state index contributed by atoms with van der Waals surface area (Å²) in [5.74, 6) is -0.842. The van der Waals surface area contributed by atoms with E-state index in [2.05, 4.69) is 17.6 Å². The highest BCUT2D eigenvalue weighted by Crippen LogP contribution is 2.34. The number of phenols is 1. The third kappa shape index (κ3) is 11.2. The van der Waals surface area contributed by atoms with Crippen molar-refractivity contribution in [3.05, 3.63) is 87.4 Å². The minimum atomic E-state index is -0.897. The van der Waals surface area contributed by atoms with Gasteiger partial charge in [0.1, 0.15) is 11.5 Å². The van der Waals surface area contributed by atoms with E-state index in [0.29, 0.717) is 17.7 Å². The van der Waals surface area contributed by atoms with Gasteiger partial charge in [-0.15, -0.1) is 0 Å². The van der Waals surface area contributed by atoms with Crippen molar-refractivity contribution in [3.63, 3.8) is 0 Å². The minimum Gasteiger partial charge on any atom is -0.506 e. The van der Waals surface area contributed by atoms with Gasteiger partial charge in [-0.2, -0.15) is 0 Å². The predicted molar refractivity (Wildman–Crippen MR) is 170 cm³/mol. The lowest BCUT2D eigenvalue weighted by atomic mass is 10.0. The molecule has 0 aromatic heterocycles. The topological polar surface area (TPSA) is 131 Å². The van der Waals surface area contributed by atoms with E-state index in [9.17, 15) is 24.8 Å². The Morgan fingerprint density at radius 1 is 0.860 bits per heavy atom. The number of carbonyl (C=O) groups is 2. The standard InChI is InChI=1S/C33H40ClN3O6/c1-2-3-4-5-6-7-8-9-10-14-17-31(43-26-20-18-25(19-21-26)37(41)42)33(40)35-28-23-30(38)29(22-27(28)34)36-32(39)24-15-12-11-13-16-24/h11-13,15-16,18-23,31,38H,2-10,14,17H2,1H3,(H,35,40)(H,36,39). The second-order valence-electron chi connectivity index (χ2n) is 10.5. The number of ether oxygens (including phenoxy) is 1. The second kappa shape index (κ2) is 17.8. The number of nitrogens with one attached hydrogen (secondary N) is 2. The summed E-state index contributed by atoms with van der Waals surface area (Å²) in [7, 11) is 0. The summed E-state index contributed by atoms with van der Waals surface area (Å²) in [6.07, 6.45) is 11.0. The summed E-state index contributed by atoms with van der Waals surface area (Å²) in [6, 6.07) is 16.7. The molecule has 0 saturated heterocycles. The van der Waals surface area contributed by atoms with Crippen molar-refractivity contribution in [3.8, 4) is 11.5 Å². The molecule has 2 amide bonds. The van der Waals surface area contributed by atoms with Crippen molar-refractivity contribution >= 4 is 40.5 Å². The van der Waals surface area contributed by atoms with Crippen LogP contribution in [0.5, 0.6) is 11.5 Å². The SMILES string of the molecule is CCCCCCCCCCCCC(Oc1ccc([N+](=O)[O-])cc1)C(=O)Nc1cc(O)c(NC(=O)c2ccccc2)cc1Cl. The molecule has 0 saturated carbocycles. The van der Waals surface area contributed by atoms with Gasteiger partial charge in [-0.05, 0) is 43.2 Å². The number of benzene rings is 3. The predicted octanol–water partition coefficient (Wildman–Crippen LogP) is 8.90. The van der Waals surface area contributed by atoms with Crippen LogP contribution in [-0.4, -0.2) is 27.9 Å². The van der Waals surface area contributed by atoms with Crippen LogP contribution in [0.1, 0.15) is 87.9 Å². The Kier molecular flexibility index (Phi) is 13.8. The zero-order valence-corrected chi connectivity index (χ0v) is 25.3. The number of aromatic hydroxyl groups is 1. The molecule has 3 N–H and O–H groups in total. The lowest BCUT2D eigenvalue weighted by Crippen LogP contribution is -2.33. The number of rotatable bonds is 18. The van der Waals surface area contributed by atoms with Gasteiger partial charge in [0, 0.05) is 23.8 Å². The molecule has 0 radical (unpaired) electrons. The first-order chi connectivity index (χ1) is 20.8. The summed E-state index contributed by atoms with van der Waals surface area (Å²) in [4.78, 5) is 36.4. The molecule has 0 heterocycles. The Morgan fingerprint density at radius 3 is 2.07 bits per heavy atom. The molecule has 43 heavy (non-hydrogen) atoms. The molecule has 230 valence electrons. The average molecular weight is 610 g/mol. The van der Waals surface area contributed by atoms with Gasteiger partial charge in [-0.25, -0.2) is 0 Å². The summed E-state index contributed by atoms with van der Waals surface area (Å²) < 4.78 is 5.96. The van der Waals surface area contributed by atoms with Crippen molar-refractivity contribution < 1.29 is 24.4 Å². The first-order valence-corrected chi connectivity index (χ1v) is 15.3. The van der Waals surface area contributed by atoms with Crippen LogP contribution in [0.15, 0.2) is 66.7 Å². The maximum atomic E-state index is 13.3. The van der Waals surface area contributed by atoms with Crippen LogP contribution < -0.4 is 15.4 Å². The van der Waals surface area contributed by atoms with Crippen LogP contribution in [0.4, 0.5) is 17.1 Å². The third-order valence-corrected chi connectivity index (χ3v) is 7.38. The van der Waals surface area contributed by atoms with Crippen molar-refractivity contribution in [1.29, 1.82) is 0 Å². The summed E-state index contributed by atoms with van der Waals surface area (Å²) in [5.41, 5.74) is 0.585. The zero-order chi connectivity index (χ0) is 31.0. The first-order valence-electron chi connectivity index (χ1n) is 14.9. The molecule has 0 aliphatic heterocycles. The van der Waals surface area contributed by atoms with Crippen LogP contribution in [0.25, 0.3) is 0 Å². The van der Waals surface area contributed by atoms with Gasteiger partial charge in [0.15, 0.2) is 6.10 Å². The molecular formula is C33H40ClN3O6. The number of nitrogens with zero attached hydrogens (tertiary/aromatic N) is 1. The molecule has 10 heteroatoms. The van der Waals surface area contributed by atoms with Crippen LogP contribution >= 0.6 is 11.6 Å². The molecule has 3 aromatic carbocycles. The van der Waals surface area contributed by atoms with Gasteiger partial charge in [-0.1, -0.05) is 94.5 Å². The number of hydrogen-bond donors (Lipinski definition) is 3. The average Bonchev–Trinajstić information content (AvgIpc) is 3.00. The normalized spacial score (nSPS) is 11.5. The number of anilines is 2. The van der Waals surface area contributed by atoms with Gasteiger partial charge >= 0.3 is 0 Å². The van der Waals surface area contributed by atoms with Crippen molar-refractivity contribution in [1.82, 2.24) is 0 Å². The molecule has 0 spiro atoms. The highest BCUT2D eigenvalue weighted by atomic mass is 35.5. The number of hydrogen-bond acceptors (Lipinski definition) is 6. The number of carbonyl (C=O) groups excluding carboxylic acids is 2. The molecule has 0 aliphatic rings. The molecular weight excluding hydrogens is 570 g/mol. The van der Waals surface area contributed by atoms with E-state index in [1.165, 1.54) is 74.9 Å². The molecule has 3 aromatic rings. The van der Waals surface area contributed by atoms with Crippen molar-refractivity contribution in [2.75, 3.05) is 10.6 Å². The van der Waals surface area contributed by atoms with Crippen molar-refractivity contribution in [2.45, 2.75) is 83.7 Å². The number of nitro groups is 1. The first kappa shape index (κ1) is 33.4. The third-order valence-electron chi connectivity index (χ3n) is 7.07. The highest BCUT2D eigenvalue weighted by molar-refractivity contribution is 6.34. The summed E-state index contributed by atoms with van der Waals surface area (Å²) in [5, 5.41) is 27.0. The Labute approximate surface area is 257 Å². The van der Waals surface area contributed by atoms with Gasteiger partial charge in [0.2, 0.25) is 0 Å². The number of non-ortho nitro benzene ring substituents is 1. The minimum absolute atomic E-state index is 0.0789. The molecule has 0 aliphatic carbocycles. The van der Waals surface area contributed by atoms with Gasteiger partial charge in [0.05, 0.1) is 21.3 Å². The monoisotopic (exact) mass is 609 g/mol. The number of unbranched alkanes of at least 4 members (excludes halogenated alkanes) is 9. The fourth-order valence-electron chi connectivity index (χ4n) is 4.63. The van der Waals surface area contributed by atoms with E-state index in [4.69, 9.17) is 16.3 Å². The lowest BCUT2D eigenvalue weighted by molar-refractivity contribution is -0.384. The van der Waals surface area contributed by atoms with Gasteiger partial charge in [0.25, 0.3) is 17.5 Å². The Morgan fingerprint density at radius 2 is 1.47 bits per heavy atom. The molecule has 3 rings (SSSR count). The quantitative estimate of drug-likeness (QED) is 0.0571. The van der Waals surface area contributed by atoms with Crippen LogP contribution in [-0.2, 0) is 4.79 Å². The van der Waals surface area contributed by atoms with Crippen LogP contribution in [0.2, 0.25) is 5.02 Å². The maximum Gasteiger partial charge on any atom is 0.269 e. The maximum absolute atomic E-state index is 13.3. The second-order valence-corrected chi connectivity index (χ2v) is 10.9. The fraction of sp³-hybridized carbons (Fsp3) is 0.394. The van der Waals surface area contributed by atoms with E-state index in [1.807, 2.05) is 0 Å². The molecule has 1 atom stereocenters. The van der Waals surface area contributed by atoms with Gasteiger partial charge < -0.3 is 20.5 Å². The lowest BCUT2D eigenvalue weighted by Gasteiger charge is -2.20. The molecule has 1 unspecified atom stereocenters.